The molecule has 0 saturated heterocycles. The first kappa shape index (κ1) is 15.7. The van der Waals surface area contributed by atoms with Crippen LogP contribution in [0.25, 0.3) is 0 Å². The van der Waals surface area contributed by atoms with Gasteiger partial charge < -0.3 is 15.4 Å². The maximum atomic E-state index is 5.67. The molecular weight excluding hydrogens is 240 g/mol. The van der Waals surface area contributed by atoms with Gasteiger partial charge in [-0.3, -0.25) is 0 Å². The van der Waals surface area contributed by atoms with E-state index in [1.165, 1.54) is 0 Å². The van der Waals surface area contributed by atoms with E-state index in [9.17, 15) is 0 Å². The summed E-state index contributed by atoms with van der Waals surface area (Å²) in [7, 11) is 0. The van der Waals surface area contributed by atoms with Crippen LogP contribution in [0, 0.1) is 6.92 Å². The van der Waals surface area contributed by atoms with Crippen LogP contribution < -0.4 is 15.4 Å². The molecule has 0 aromatic carbocycles. The molecule has 0 spiro atoms. The van der Waals surface area contributed by atoms with Gasteiger partial charge in [0, 0.05) is 24.3 Å². The van der Waals surface area contributed by atoms with Gasteiger partial charge in [0.1, 0.15) is 0 Å². The Morgan fingerprint density at radius 1 is 1.26 bits per heavy atom. The highest BCUT2D eigenvalue weighted by molar-refractivity contribution is 5.35. The van der Waals surface area contributed by atoms with Crippen molar-refractivity contribution in [3.05, 3.63) is 11.8 Å². The van der Waals surface area contributed by atoms with Crippen LogP contribution in [0.2, 0.25) is 0 Å². The molecule has 0 radical (unpaired) electrons. The highest BCUT2D eigenvalue weighted by Gasteiger charge is 2.15. The highest BCUT2D eigenvalue weighted by atomic mass is 16.5. The molecule has 1 aromatic heterocycles. The van der Waals surface area contributed by atoms with Crippen LogP contribution in [-0.4, -0.2) is 35.2 Å². The van der Waals surface area contributed by atoms with Gasteiger partial charge in [0.25, 0.3) is 0 Å². The maximum absolute atomic E-state index is 5.67. The van der Waals surface area contributed by atoms with E-state index >= 15 is 0 Å². The SMILES string of the molecule is Cc1cc(OC(C)C)nc(N(CCCN)C(C)C)n1. The summed E-state index contributed by atoms with van der Waals surface area (Å²) < 4.78 is 5.67. The Morgan fingerprint density at radius 3 is 2.47 bits per heavy atom. The second-order valence-corrected chi connectivity index (χ2v) is 5.24. The smallest absolute Gasteiger partial charge is 0.229 e. The predicted molar refractivity (Wildman–Crippen MR) is 78.7 cm³/mol. The van der Waals surface area contributed by atoms with Gasteiger partial charge in [-0.25, -0.2) is 4.98 Å². The largest absolute Gasteiger partial charge is 0.475 e. The molecule has 1 heterocycles. The Labute approximate surface area is 116 Å². The second kappa shape index (κ2) is 7.28. The molecule has 0 aliphatic carbocycles. The molecule has 0 amide bonds. The first-order valence-electron chi connectivity index (χ1n) is 6.93. The van der Waals surface area contributed by atoms with Gasteiger partial charge in [-0.05, 0) is 47.6 Å². The lowest BCUT2D eigenvalue weighted by atomic mass is 10.3. The highest BCUT2D eigenvalue weighted by Crippen LogP contribution is 2.18. The summed E-state index contributed by atoms with van der Waals surface area (Å²) >= 11 is 0. The molecule has 1 rings (SSSR count). The number of rotatable bonds is 7. The number of anilines is 1. The van der Waals surface area contributed by atoms with E-state index < -0.39 is 0 Å². The number of ether oxygens (including phenoxy) is 1. The van der Waals surface area contributed by atoms with Gasteiger partial charge in [0.05, 0.1) is 6.10 Å². The average molecular weight is 266 g/mol. The standard InChI is InChI=1S/C14H26N4O/c1-10(2)18(8-6-7-15)14-16-12(5)9-13(17-14)19-11(3)4/h9-11H,6-8,15H2,1-5H3. The van der Waals surface area contributed by atoms with Crippen LogP contribution >= 0.6 is 0 Å². The zero-order valence-corrected chi connectivity index (χ0v) is 12.7. The van der Waals surface area contributed by atoms with Crippen molar-refractivity contribution < 1.29 is 4.74 Å². The fraction of sp³-hybridized carbons (Fsp3) is 0.714. The molecule has 1 aromatic rings. The average Bonchev–Trinajstić information content (AvgIpc) is 2.27. The summed E-state index contributed by atoms with van der Waals surface area (Å²) in [6, 6.07) is 2.20. The Morgan fingerprint density at radius 2 is 1.95 bits per heavy atom. The molecule has 5 heteroatoms. The lowest BCUT2D eigenvalue weighted by Gasteiger charge is -2.27. The Balaban J connectivity index is 2.98. The summed E-state index contributed by atoms with van der Waals surface area (Å²) in [5.41, 5.74) is 6.50. The van der Waals surface area contributed by atoms with Crippen LogP contribution in [0.15, 0.2) is 6.07 Å². The number of aryl methyl sites for hydroxylation is 1. The molecule has 19 heavy (non-hydrogen) atoms. The molecule has 0 saturated carbocycles. The van der Waals surface area contributed by atoms with E-state index in [1.807, 2.05) is 26.8 Å². The van der Waals surface area contributed by atoms with E-state index in [4.69, 9.17) is 10.5 Å². The molecule has 5 nitrogen and oxygen atoms in total. The molecule has 0 aliphatic rings. The van der Waals surface area contributed by atoms with Crippen molar-refractivity contribution >= 4 is 5.95 Å². The third-order valence-corrected chi connectivity index (χ3v) is 2.66. The van der Waals surface area contributed by atoms with Crippen molar-refractivity contribution in [3.63, 3.8) is 0 Å². The quantitative estimate of drug-likeness (QED) is 0.819. The Kier molecular flexibility index (Phi) is 6.02. The normalized spacial score (nSPS) is 11.2. The monoisotopic (exact) mass is 266 g/mol. The third-order valence-electron chi connectivity index (χ3n) is 2.66. The van der Waals surface area contributed by atoms with Gasteiger partial charge in [0.15, 0.2) is 0 Å². The molecule has 0 bridgehead atoms. The minimum absolute atomic E-state index is 0.110. The topological polar surface area (TPSA) is 64.3 Å². The van der Waals surface area contributed by atoms with Gasteiger partial charge >= 0.3 is 0 Å². The first-order valence-corrected chi connectivity index (χ1v) is 6.93. The maximum Gasteiger partial charge on any atom is 0.229 e. The summed E-state index contributed by atoms with van der Waals surface area (Å²) in [4.78, 5) is 11.2. The van der Waals surface area contributed by atoms with Gasteiger partial charge in [0.2, 0.25) is 11.8 Å². The number of hydrogen-bond donors (Lipinski definition) is 1. The summed E-state index contributed by atoms with van der Waals surface area (Å²) in [5.74, 6) is 1.36. The lowest BCUT2D eigenvalue weighted by molar-refractivity contribution is 0.232. The first-order chi connectivity index (χ1) is 8.93. The van der Waals surface area contributed by atoms with Crippen molar-refractivity contribution in [3.8, 4) is 5.88 Å². The number of aromatic nitrogens is 2. The van der Waals surface area contributed by atoms with Crippen LogP contribution in [0.1, 0.15) is 39.8 Å². The number of hydrogen-bond acceptors (Lipinski definition) is 5. The van der Waals surface area contributed by atoms with Crippen LogP contribution in [0.5, 0.6) is 5.88 Å². The molecule has 0 atom stereocenters. The number of nitrogens with zero attached hydrogens (tertiary/aromatic N) is 3. The fourth-order valence-electron chi connectivity index (χ4n) is 1.81. The summed E-state index contributed by atoms with van der Waals surface area (Å²) in [6.07, 6.45) is 1.04. The molecular formula is C14H26N4O. The molecule has 108 valence electrons. The Bertz CT molecular complexity index is 393. The van der Waals surface area contributed by atoms with Gasteiger partial charge in [-0.1, -0.05) is 0 Å². The van der Waals surface area contributed by atoms with Gasteiger partial charge in [-0.2, -0.15) is 4.98 Å². The van der Waals surface area contributed by atoms with Crippen LogP contribution in [-0.2, 0) is 0 Å². The molecule has 2 N–H and O–H groups in total. The van der Waals surface area contributed by atoms with Gasteiger partial charge in [-0.15, -0.1) is 0 Å². The van der Waals surface area contributed by atoms with E-state index in [2.05, 4.69) is 28.7 Å². The minimum atomic E-state index is 0.110. The minimum Gasteiger partial charge on any atom is -0.475 e. The second-order valence-electron chi connectivity index (χ2n) is 5.24. The molecule has 0 unspecified atom stereocenters. The lowest BCUT2D eigenvalue weighted by Crippen LogP contribution is -2.34. The summed E-state index contributed by atoms with van der Waals surface area (Å²) in [5, 5.41) is 0. The van der Waals surface area contributed by atoms with E-state index in [1.54, 1.807) is 0 Å². The zero-order chi connectivity index (χ0) is 14.4. The fourth-order valence-corrected chi connectivity index (χ4v) is 1.81. The molecule has 0 aliphatic heterocycles. The van der Waals surface area contributed by atoms with Crippen LogP contribution in [0.3, 0.4) is 0 Å². The Hall–Kier alpha value is -1.36. The van der Waals surface area contributed by atoms with Crippen molar-refractivity contribution in [1.29, 1.82) is 0 Å². The van der Waals surface area contributed by atoms with Crippen molar-refractivity contribution in [2.75, 3.05) is 18.0 Å². The van der Waals surface area contributed by atoms with E-state index in [0.29, 0.717) is 18.5 Å². The van der Waals surface area contributed by atoms with Crippen molar-refractivity contribution in [2.45, 2.75) is 53.2 Å². The van der Waals surface area contributed by atoms with E-state index in [-0.39, 0.29) is 6.10 Å². The van der Waals surface area contributed by atoms with Crippen LogP contribution in [0.4, 0.5) is 5.95 Å². The zero-order valence-electron chi connectivity index (χ0n) is 12.7. The van der Waals surface area contributed by atoms with E-state index in [0.717, 1.165) is 24.6 Å². The van der Waals surface area contributed by atoms with Crippen molar-refractivity contribution in [2.24, 2.45) is 5.73 Å². The summed E-state index contributed by atoms with van der Waals surface area (Å²) in [6.45, 7) is 11.7. The van der Waals surface area contributed by atoms with Crippen molar-refractivity contribution in [1.82, 2.24) is 9.97 Å². The predicted octanol–water partition coefficient (Wildman–Crippen LogP) is 2.14. The third kappa shape index (κ3) is 5.03. The molecule has 0 fully saturated rings. The number of nitrogens with two attached hydrogens (primary N) is 1.